The molecule has 1 N–H and O–H groups in total. The molecular formula is C36H40FN3O6S. The van der Waals surface area contributed by atoms with Gasteiger partial charge in [-0.2, -0.15) is 0 Å². The summed E-state index contributed by atoms with van der Waals surface area (Å²) in [6.07, 6.45) is 0.118. The average Bonchev–Trinajstić information content (AvgIpc) is 3.08. The van der Waals surface area contributed by atoms with Gasteiger partial charge in [-0.25, -0.2) is 12.8 Å². The van der Waals surface area contributed by atoms with Gasteiger partial charge < -0.3 is 19.7 Å². The van der Waals surface area contributed by atoms with Crippen LogP contribution in [0, 0.1) is 11.7 Å². The van der Waals surface area contributed by atoms with Crippen LogP contribution >= 0.6 is 0 Å². The maximum Gasteiger partial charge on any atom is 0.264 e. The number of ether oxygens (including phenoxy) is 2. The van der Waals surface area contributed by atoms with Gasteiger partial charge in [0.15, 0.2) is 11.5 Å². The molecule has 0 bridgehead atoms. The summed E-state index contributed by atoms with van der Waals surface area (Å²) in [5.41, 5.74) is 1.09. The van der Waals surface area contributed by atoms with Gasteiger partial charge in [-0.15, -0.1) is 0 Å². The van der Waals surface area contributed by atoms with Crippen LogP contribution in [-0.4, -0.2) is 58.5 Å². The van der Waals surface area contributed by atoms with Gasteiger partial charge in [0.1, 0.15) is 18.4 Å². The largest absolute Gasteiger partial charge is 0.493 e. The smallest absolute Gasteiger partial charge is 0.264 e. The summed E-state index contributed by atoms with van der Waals surface area (Å²) in [5, 5.41) is 2.92. The van der Waals surface area contributed by atoms with Gasteiger partial charge in [0.05, 0.1) is 24.8 Å². The molecule has 0 saturated carbocycles. The molecule has 0 heterocycles. The zero-order chi connectivity index (χ0) is 34.0. The number of halogens is 1. The van der Waals surface area contributed by atoms with E-state index >= 15 is 4.39 Å². The van der Waals surface area contributed by atoms with Crippen molar-refractivity contribution in [3.8, 4) is 11.5 Å². The Labute approximate surface area is 276 Å². The Balaban J connectivity index is 1.84. The fraction of sp³-hybridized carbons (Fsp3) is 0.278. The third-order valence-electron chi connectivity index (χ3n) is 7.52. The highest BCUT2D eigenvalue weighted by Crippen LogP contribution is 2.34. The number of nitrogens with zero attached hydrogens (tertiary/aromatic N) is 2. The van der Waals surface area contributed by atoms with E-state index in [1.807, 2.05) is 44.2 Å². The summed E-state index contributed by atoms with van der Waals surface area (Å²) in [7, 11) is -1.44. The highest BCUT2D eigenvalue weighted by Gasteiger charge is 2.35. The molecule has 1 atom stereocenters. The highest BCUT2D eigenvalue weighted by molar-refractivity contribution is 7.92. The van der Waals surface area contributed by atoms with Crippen molar-refractivity contribution in [2.75, 3.05) is 31.6 Å². The Morgan fingerprint density at radius 3 is 2.06 bits per heavy atom. The molecule has 0 fully saturated rings. The number of carbonyl (C=O) groups is 2. The molecule has 2 amide bonds. The maximum atomic E-state index is 15.1. The van der Waals surface area contributed by atoms with E-state index in [0.29, 0.717) is 12.3 Å². The van der Waals surface area contributed by atoms with Gasteiger partial charge in [0, 0.05) is 31.1 Å². The summed E-state index contributed by atoms with van der Waals surface area (Å²) >= 11 is 0. The van der Waals surface area contributed by atoms with E-state index in [0.717, 1.165) is 9.87 Å². The number of sulfonamides is 1. The van der Waals surface area contributed by atoms with E-state index in [-0.39, 0.29) is 40.8 Å². The summed E-state index contributed by atoms with van der Waals surface area (Å²) in [5.74, 6) is -0.947. The van der Waals surface area contributed by atoms with Crippen molar-refractivity contribution in [2.45, 2.75) is 37.8 Å². The van der Waals surface area contributed by atoms with Crippen molar-refractivity contribution in [3.63, 3.8) is 0 Å². The fourth-order valence-electron chi connectivity index (χ4n) is 5.02. The van der Waals surface area contributed by atoms with E-state index in [9.17, 15) is 18.0 Å². The first-order chi connectivity index (χ1) is 22.5. The van der Waals surface area contributed by atoms with E-state index < -0.39 is 40.2 Å². The standard InChI is InChI=1S/C36H40FN3O6S/c1-26(2)23-38-36(42)32(21-27-13-7-5-8-14-27)39(24-28-15-11-12-18-31(28)37)35(41)25-40(47(43,44)30-16-9-6-10-17-30)29-19-20-33(45-3)34(22-29)46-4/h5-20,22,26,32H,21,23-25H2,1-4H3,(H,38,42)/t32-/m1/s1. The van der Waals surface area contributed by atoms with Crippen LogP contribution in [0.25, 0.3) is 0 Å². The minimum absolute atomic E-state index is 0.0428. The summed E-state index contributed by atoms with van der Waals surface area (Å²) in [6.45, 7) is 3.29. The second-order valence-electron chi connectivity index (χ2n) is 11.3. The number of rotatable bonds is 15. The maximum absolute atomic E-state index is 15.1. The fourth-order valence-corrected chi connectivity index (χ4v) is 6.44. The lowest BCUT2D eigenvalue weighted by molar-refractivity contribution is -0.140. The highest BCUT2D eigenvalue weighted by atomic mass is 32.2. The molecule has 0 aliphatic carbocycles. The van der Waals surface area contributed by atoms with Crippen LogP contribution in [0.3, 0.4) is 0 Å². The van der Waals surface area contributed by atoms with Crippen molar-refractivity contribution in [1.29, 1.82) is 0 Å². The van der Waals surface area contributed by atoms with Crippen molar-refractivity contribution in [3.05, 3.63) is 120 Å². The van der Waals surface area contributed by atoms with Crippen LogP contribution in [0.15, 0.2) is 108 Å². The van der Waals surface area contributed by atoms with Gasteiger partial charge in [0.2, 0.25) is 11.8 Å². The molecule has 0 unspecified atom stereocenters. The number of benzene rings is 4. The van der Waals surface area contributed by atoms with Crippen LogP contribution in [-0.2, 0) is 32.6 Å². The van der Waals surface area contributed by atoms with Gasteiger partial charge in [-0.05, 0) is 41.8 Å². The van der Waals surface area contributed by atoms with Crippen LogP contribution in [0.1, 0.15) is 25.0 Å². The molecular weight excluding hydrogens is 621 g/mol. The van der Waals surface area contributed by atoms with Crippen molar-refractivity contribution in [2.24, 2.45) is 5.92 Å². The molecule has 248 valence electrons. The number of hydrogen-bond acceptors (Lipinski definition) is 6. The van der Waals surface area contributed by atoms with Gasteiger partial charge >= 0.3 is 0 Å². The average molecular weight is 662 g/mol. The first-order valence-corrected chi connectivity index (χ1v) is 16.6. The van der Waals surface area contributed by atoms with Crippen molar-refractivity contribution in [1.82, 2.24) is 10.2 Å². The topological polar surface area (TPSA) is 105 Å². The van der Waals surface area contributed by atoms with Crippen molar-refractivity contribution >= 4 is 27.5 Å². The summed E-state index contributed by atoms with van der Waals surface area (Å²) < 4.78 is 55.2. The predicted molar refractivity (Wildman–Crippen MR) is 179 cm³/mol. The second kappa shape index (κ2) is 16.1. The van der Waals surface area contributed by atoms with Gasteiger partial charge in [-0.3, -0.25) is 13.9 Å². The molecule has 0 radical (unpaired) electrons. The Bertz CT molecular complexity index is 1750. The quantitative estimate of drug-likeness (QED) is 0.182. The zero-order valence-corrected chi connectivity index (χ0v) is 27.7. The molecule has 4 aromatic carbocycles. The zero-order valence-electron chi connectivity index (χ0n) is 26.9. The number of nitrogens with one attached hydrogen (secondary N) is 1. The first kappa shape index (κ1) is 35.0. The summed E-state index contributed by atoms with van der Waals surface area (Å²) in [4.78, 5) is 29.6. The van der Waals surface area contributed by atoms with Crippen LogP contribution < -0.4 is 19.1 Å². The molecule has 0 aromatic heterocycles. The lowest BCUT2D eigenvalue weighted by Crippen LogP contribution is -2.53. The molecule has 4 aromatic rings. The number of carbonyl (C=O) groups excluding carboxylic acids is 2. The SMILES string of the molecule is COc1ccc(N(CC(=O)N(Cc2ccccc2F)[C@H](Cc2ccccc2)C(=O)NCC(C)C)S(=O)(=O)c2ccccc2)cc1OC. The van der Waals surface area contributed by atoms with Crippen LogP contribution in [0.2, 0.25) is 0 Å². The van der Waals surface area contributed by atoms with Crippen molar-refractivity contribution < 1.29 is 31.9 Å². The minimum Gasteiger partial charge on any atom is -0.493 e. The van der Waals surface area contributed by atoms with E-state index in [1.165, 1.54) is 61.6 Å². The number of hydrogen-bond donors (Lipinski definition) is 1. The van der Waals surface area contributed by atoms with Crippen LogP contribution in [0.5, 0.6) is 11.5 Å². The minimum atomic E-state index is -4.32. The number of amides is 2. The Morgan fingerprint density at radius 1 is 0.830 bits per heavy atom. The number of methoxy groups -OCH3 is 2. The van der Waals surface area contributed by atoms with Gasteiger partial charge in [0.25, 0.3) is 10.0 Å². The normalized spacial score (nSPS) is 11.9. The third kappa shape index (κ3) is 8.88. The van der Waals surface area contributed by atoms with Gasteiger partial charge in [-0.1, -0.05) is 80.6 Å². The predicted octanol–water partition coefficient (Wildman–Crippen LogP) is 5.45. The van der Waals surface area contributed by atoms with E-state index in [2.05, 4.69) is 5.32 Å². The Morgan fingerprint density at radius 2 is 1.45 bits per heavy atom. The lowest BCUT2D eigenvalue weighted by Gasteiger charge is -2.34. The molecule has 11 heteroatoms. The Hall–Kier alpha value is -4.90. The van der Waals surface area contributed by atoms with E-state index in [1.54, 1.807) is 30.3 Å². The second-order valence-corrected chi connectivity index (χ2v) is 13.2. The molecule has 4 rings (SSSR count). The summed E-state index contributed by atoms with van der Waals surface area (Å²) in [6, 6.07) is 26.3. The molecule has 0 saturated heterocycles. The number of anilines is 1. The van der Waals surface area contributed by atoms with E-state index in [4.69, 9.17) is 9.47 Å². The molecule has 0 aliphatic heterocycles. The monoisotopic (exact) mass is 661 g/mol. The third-order valence-corrected chi connectivity index (χ3v) is 9.31. The molecule has 9 nitrogen and oxygen atoms in total. The molecule has 47 heavy (non-hydrogen) atoms. The van der Waals surface area contributed by atoms with Crippen LogP contribution in [0.4, 0.5) is 10.1 Å². The lowest BCUT2D eigenvalue weighted by atomic mass is 10.0. The molecule has 0 aliphatic rings. The Kier molecular flexibility index (Phi) is 12.0. The molecule has 0 spiro atoms. The first-order valence-electron chi connectivity index (χ1n) is 15.2.